The molecule has 0 radical (unpaired) electrons. The van der Waals surface area contributed by atoms with Crippen LogP contribution in [0.1, 0.15) is 10.8 Å². The van der Waals surface area contributed by atoms with Crippen LogP contribution in [0.4, 0.5) is 0 Å². The number of nitrogens with one attached hydrogen (secondary N) is 1. The Morgan fingerprint density at radius 1 is 1.50 bits per heavy atom. The molecule has 0 aliphatic rings. The largest absolute Gasteiger partial charge is 0.438 e. The van der Waals surface area contributed by atoms with E-state index in [0.29, 0.717) is 6.54 Å². The molecule has 0 aliphatic carbocycles. The van der Waals surface area contributed by atoms with Gasteiger partial charge in [-0.05, 0) is 26.1 Å². The van der Waals surface area contributed by atoms with E-state index >= 15 is 0 Å². The van der Waals surface area contributed by atoms with Gasteiger partial charge in [0.2, 0.25) is 5.89 Å². The van der Waals surface area contributed by atoms with Crippen LogP contribution in [0.3, 0.4) is 0 Å². The lowest BCUT2D eigenvalue weighted by molar-refractivity contribution is 0.492. The minimum atomic E-state index is 0.671. The van der Waals surface area contributed by atoms with Gasteiger partial charge in [0.05, 0.1) is 17.6 Å². The summed E-state index contributed by atoms with van der Waals surface area (Å²) in [7, 11) is 1.87. The van der Waals surface area contributed by atoms with Gasteiger partial charge in [0, 0.05) is 4.88 Å². The summed E-state index contributed by atoms with van der Waals surface area (Å²) in [5.41, 5.74) is 0. The van der Waals surface area contributed by atoms with Gasteiger partial charge in [-0.2, -0.15) is 0 Å². The van der Waals surface area contributed by atoms with Crippen LogP contribution in [0.5, 0.6) is 0 Å². The quantitative estimate of drug-likeness (QED) is 0.841. The molecule has 3 nitrogen and oxygen atoms in total. The fourth-order valence-corrected chi connectivity index (χ4v) is 2.04. The van der Waals surface area contributed by atoms with Crippen molar-refractivity contribution in [3.05, 3.63) is 29.1 Å². The average molecular weight is 208 g/mol. The zero-order valence-electron chi connectivity index (χ0n) is 8.20. The summed E-state index contributed by atoms with van der Waals surface area (Å²) in [6.45, 7) is 2.75. The third-order valence-corrected chi connectivity index (χ3v) is 2.88. The Balaban J connectivity index is 2.24. The summed E-state index contributed by atoms with van der Waals surface area (Å²) in [6, 6.07) is 4.14. The Morgan fingerprint density at radius 3 is 3.00 bits per heavy atom. The van der Waals surface area contributed by atoms with Gasteiger partial charge in [0.15, 0.2) is 5.76 Å². The maximum atomic E-state index is 5.56. The van der Waals surface area contributed by atoms with Crippen molar-refractivity contribution in [2.24, 2.45) is 0 Å². The normalized spacial score (nSPS) is 10.7. The van der Waals surface area contributed by atoms with Crippen LogP contribution in [0.25, 0.3) is 10.6 Å². The minimum absolute atomic E-state index is 0.671. The Labute approximate surface area is 86.8 Å². The van der Waals surface area contributed by atoms with Crippen LogP contribution in [0, 0.1) is 6.92 Å². The van der Waals surface area contributed by atoms with Gasteiger partial charge in [0.25, 0.3) is 0 Å². The predicted octanol–water partition coefficient (Wildman–Crippen LogP) is 2.43. The second-order valence-corrected chi connectivity index (χ2v) is 4.35. The van der Waals surface area contributed by atoms with Gasteiger partial charge in [0.1, 0.15) is 0 Å². The molecule has 2 rings (SSSR count). The highest BCUT2D eigenvalue weighted by atomic mass is 32.1. The summed E-state index contributed by atoms with van der Waals surface area (Å²) >= 11 is 1.72. The minimum Gasteiger partial charge on any atom is -0.438 e. The van der Waals surface area contributed by atoms with Gasteiger partial charge in [-0.15, -0.1) is 11.3 Å². The lowest BCUT2D eigenvalue weighted by Gasteiger charge is -1.91. The molecule has 0 bridgehead atoms. The first kappa shape index (κ1) is 9.43. The van der Waals surface area contributed by atoms with Crippen LogP contribution in [-0.2, 0) is 6.54 Å². The number of aryl methyl sites for hydroxylation is 1. The SMILES string of the molecule is CNCc1ncc(-c2ccc(C)s2)o1. The number of hydrogen-bond acceptors (Lipinski definition) is 4. The lowest BCUT2D eigenvalue weighted by atomic mass is 10.4. The Bertz CT molecular complexity index is 419. The Kier molecular flexibility index (Phi) is 2.65. The number of nitrogens with zero attached hydrogens (tertiary/aromatic N) is 1. The first-order valence-electron chi connectivity index (χ1n) is 4.45. The van der Waals surface area contributed by atoms with E-state index in [1.807, 2.05) is 7.05 Å². The number of oxazole rings is 1. The molecule has 0 amide bonds. The predicted molar refractivity (Wildman–Crippen MR) is 57.3 cm³/mol. The van der Waals surface area contributed by atoms with E-state index in [0.717, 1.165) is 16.5 Å². The molecule has 74 valence electrons. The highest BCUT2D eigenvalue weighted by Crippen LogP contribution is 2.27. The third kappa shape index (κ3) is 1.86. The Hall–Kier alpha value is -1.13. The van der Waals surface area contributed by atoms with E-state index in [1.54, 1.807) is 17.5 Å². The van der Waals surface area contributed by atoms with Gasteiger partial charge in [-0.25, -0.2) is 4.98 Å². The number of aromatic nitrogens is 1. The maximum absolute atomic E-state index is 5.56. The number of hydrogen-bond donors (Lipinski definition) is 1. The Morgan fingerprint density at radius 2 is 2.36 bits per heavy atom. The summed E-state index contributed by atoms with van der Waals surface area (Å²) < 4.78 is 5.56. The van der Waals surface area contributed by atoms with Gasteiger partial charge >= 0.3 is 0 Å². The van der Waals surface area contributed by atoms with E-state index in [4.69, 9.17) is 4.42 Å². The first-order valence-corrected chi connectivity index (χ1v) is 5.27. The molecule has 0 saturated heterocycles. The van der Waals surface area contributed by atoms with Crippen molar-refractivity contribution in [2.75, 3.05) is 7.05 Å². The molecule has 1 N–H and O–H groups in total. The summed E-state index contributed by atoms with van der Waals surface area (Å²) in [6.07, 6.45) is 1.78. The van der Waals surface area contributed by atoms with Crippen molar-refractivity contribution < 1.29 is 4.42 Å². The molecule has 0 aromatic carbocycles. The molecule has 0 atom stereocenters. The van der Waals surface area contributed by atoms with Crippen molar-refractivity contribution in [3.63, 3.8) is 0 Å². The number of rotatable bonds is 3. The molecule has 0 saturated carbocycles. The second-order valence-electron chi connectivity index (χ2n) is 3.06. The van der Waals surface area contributed by atoms with E-state index in [1.165, 1.54) is 4.88 Å². The molecule has 0 spiro atoms. The van der Waals surface area contributed by atoms with Crippen molar-refractivity contribution in [1.82, 2.24) is 10.3 Å². The van der Waals surface area contributed by atoms with Crippen molar-refractivity contribution >= 4 is 11.3 Å². The summed E-state index contributed by atoms with van der Waals surface area (Å²) in [4.78, 5) is 6.59. The fraction of sp³-hybridized carbons (Fsp3) is 0.300. The standard InChI is InChI=1S/C10H12N2OS/c1-7-3-4-9(14-7)8-5-12-10(13-8)6-11-2/h3-5,11H,6H2,1-2H3. The average Bonchev–Trinajstić information content (AvgIpc) is 2.74. The molecule has 2 aromatic heterocycles. The summed E-state index contributed by atoms with van der Waals surface area (Å²) in [5.74, 6) is 1.59. The van der Waals surface area contributed by atoms with Crippen LogP contribution in [-0.4, -0.2) is 12.0 Å². The number of thiophene rings is 1. The third-order valence-electron chi connectivity index (χ3n) is 1.86. The van der Waals surface area contributed by atoms with Gasteiger partial charge in [-0.3, -0.25) is 0 Å². The van der Waals surface area contributed by atoms with Crippen molar-refractivity contribution in [2.45, 2.75) is 13.5 Å². The maximum Gasteiger partial charge on any atom is 0.208 e. The monoisotopic (exact) mass is 208 g/mol. The molecular weight excluding hydrogens is 196 g/mol. The van der Waals surface area contributed by atoms with Gasteiger partial charge in [-0.1, -0.05) is 0 Å². The molecule has 2 heterocycles. The van der Waals surface area contributed by atoms with Crippen molar-refractivity contribution in [1.29, 1.82) is 0 Å². The molecular formula is C10H12N2OS. The zero-order chi connectivity index (χ0) is 9.97. The summed E-state index contributed by atoms with van der Waals surface area (Å²) in [5, 5.41) is 3.00. The molecule has 0 aliphatic heterocycles. The molecule has 14 heavy (non-hydrogen) atoms. The fourth-order valence-electron chi connectivity index (χ4n) is 1.22. The van der Waals surface area contributed by atoms with E-state index in [-0.39, 0.29) is 0 Å². The van der Waals surface area contributed by atoms with Crippen LogP contribution < -0.4 is 5.32 Å². The van der Waals surface area contributed by atoms with E-state index < -0.39 is 0 Å². The van der Waals surface area contributed by atoms with Crippen LogP contribution in [0.2, 0.25) is 0 Å². The highest BCUT2D eigenvalue weighted by molar-refractivity contribution is 7.15. The molecule has 2 aromatic rings. The highest BCUT2D eigenvalue weighted by Gasteiger charge is 2.06. The van der Waals surface area contributed by atoms with Gasteiger partial charge < -0.3 is 9.73 Å². The van der Waals surface area contributed by atoms with Crippen LogP contribution >= 0.6 is 11.3 Å². The van der Waals surface area contributed by atoms with Crippen molar-refractivity contribution in [3.8, 4) is 10.6 Å². The molecule has 0 fully saturated rings. The van der Waals surface area contributed by atoms with Crippen LogP contribution in [0.15, 0.2) is 22.7 Å². The molecule has 4 heteroatoms. The smallest absolute Gasteiger partial charge is 0.208 e. The molecule has 0 unspecified atom stereocenters. The van der Waals surface area contributed by atoms with E-state index in [9.17, 15) is 0 Å². The van der Waals surface area contributed by atoms with E-state index in [2.05, 4.69) is 29.4 Å². The lowest BCUT2D eigenvalue weighted by Crippen LogP contribution is -2.04. The topological polar surface area (TPSA) is 38.1 Å². The zero-order valence-corrected chi connectivity index (χ0v) is 9.02. The first-order chi connectivity index (χ1) is 6.79. The second kappa shape index (κ2) is 3.94.